The van der Waals surface area contributed by atoms with Gasteiger partial charge in [-0.1, -0.05) is 0 Å². The molecule has 0 spiro atoms. The maximum Gasteiger partial charge on any atom is 0.387 e. The van der Waals surface area contributed by atoms with E-state index in [9.17, 15) is 28.6 Å². The van der Waals surface area contributed by atoms with Gasteiger partial charge < -0.3 is 30.7 Å². The highest BCUT2D eigenvalue weighted by molar-refractivity contribution is 5.67. The number of hydrogen-bond donors (Lipinski definition) is 5. The molecule has 3 heterocycles. The molecule has 41 heavy (non-hydrogen) atoms. The Morgan fingerprint density at radius 2 is 1.78 bits per heavy atom. The van der Waals surface area contributed by atoms with Crippen LogP contribution in [0.1, 0.15) is 44.1 Å². The molecule has 3 aromatic rings. The van der Waals surface area contributed by atoms with E-state index in [2.05, 4.69) is 30.3 Å². The van der Waals surface area contributed by atoms with Crippen molar-refractivity contribution < 1.29 is 33.6 Å². The predicted octanol–water partition coefficient (Wildman–Crippen LogP) is 2.59. The molecule has 4 rings (SSSR count). The lowest BCUT2D eigenvalue weighted by Crippen LogP contribution is -2.22. The number of nitrogens with one attached hydrogen (secondary N) is 2. The number of aliphatic carboxylic acids is 1. The van der Waals surface area contributed by atoms with Gasteiger partial charge in [0.25, 0.3) is 5.56 Å². The van der Waals surface area contributed by atoms with Crippen LogP contribution >= 0.6 is 0 Å². The minimum absolute atomic E-state index is 0.0446. The number of halogens is 2. The van der Waals surface area contributed by atoms with Crippen molar-refractivity contribution in [3.05, 3.63) is 65.0 Å². The molecular weight excluding hydrogens is 542 g/mol. The van der Waals surface area contributed by atoms with Crippen LogP contribution in [0, 0.1) is 0 Å². The Labute approximate surface area is 234 Å². The van der Waals surface area contributed by atoms with Crippen LogP contribution in [0.4, 0.5) is 20.5 Å². The Kier molecular flexibility index (Phi) is 10.1. The van der Waals surface area contributed by atoms with E-state index in [1.807, 2.05) is 0 Å². The first-order valence-electron chi connectivity index (χ1n) is 13.2. The number of alkyl halides is 2. The zero-order valence-corrected chi connectivity index (χ0v) is 22.1. The highest BCUT2D eigenvalue weighted by Gasteiger charge is 2.25. The van der Waals surface area contributed by atoms with Crippen LogP contribution in [0.2, 0.25) is 0 Å². The van der Waals surface area contributed by atoms with Crippen molar-refractivity contribution in [2.75, 3.05) is 10.6 Å². The van der Waals surface area contributed by atoms with Gasteiger partial charge in [0.2, 0.25) is 5.95 Å². The maximum absolute atomic E-state index is 12.7. The predicted molar refractivity (Wildman–Crippen MR) is 144 cm³/mol. The number of anilines is 2. The van der Waals surface area contributed by atoms with E-state index in [-0.39, 0.29) is 36.2 Å². The molecule has 4 atom stereocenters. The number of aromatic nitrogens is 4. The summed E-state index contributed by atoms with van der Waals surface area (Å²) < 4.78 is 30.3. The monoisotopic (exact) mass is 574 g/mol. The van der Waals surface area contributed by atoms with Crippen molar-refractivity contribution in [1.82, 2.24) is 19.5 Å². The van der Waals surface area contributed by atoms with Gasteiger partial charge in [0.1, 0.15) is 5.82 Å². The van der Waals surface area contributed by atoms with Crippen LogP contribution in [0.5, 0.6) is 5.75 Å². The summed E-state index contributed by atoms with van der Waals surface area (Å²) in [5.41, 5.74) is 1.05. The quantitative estimate of drug-likeness (QED) is 0.192. The molecule has 220 valence electrons. The second-order valence-corrected chi connectivity index (χ2v) is 9.94. The fourth-order valence-electron chi connectivity index (χ4n) is 4.74. The third-order valence-corrected chi connectivity index (χ3v) is 6.70. The van der Waals surface area contributed by atoms with Crippen molar-refractivity contribution in [3.63, 3.8) is 0 Å². The molecule has 0 aliphatic heterocycles. The Balaban J connectivity index is 1.25. The molecule has 3 aromatic heterocycles. The van der Waals surface area contributed by atoms with E-state index < -0.39 is 31.2 Å². The third kappa shape index (κ3) is 9.18. The molecule has 1 saturated carbocycles. The maximum atomic E-state index is 12.7. The highest BCUT2D eigenvalue weighted by atomic mass is 19.3. The molecule has 1 fully saturated rings. The number of carbonyl (C=O) groups is 1. The first kappa shape index (κ1) is 29.8. The first-order valence-corrected chi connectivity index (χ1v) is 13.2. The second-order valence-electron chi connectivity index (χ2n) is 9.94. The van der Waals surface area contributed by atoms with Crippen molar-refractivity contribution in [3.8, 4) is 11.4 Å². The van der Waals surface area contributed by atoms with E-state index in [0.717, 1.165) is 24.8 Å². The number of rotatable bonds is 14. The van der Waals surface area contributed by atoms with Crippen molar-refractivity contribution in [2.24, 2.45) is 0 Å². The summed E-state index contributed by atoms with van der Waals surface area (Å²) in [5, 5.41) is 35.0. The molecule has 0 aromatic carbocycles. The average Bonchev–Trinajstić information content (AvgIpc) is 3.35. The lowest BCUT2D eigenvalue weighted by atomic mass is 10.0. The van der Waals surface area contributed by atoms with E-state index in [0.29, 0.717) is 23.9 Å². The smallest absolute Gasteiger partial charge is 0.387 e. The third-order valence-electron chi connectivity index (χ3n) is 6.70. The van der Waals surface area contributed by atoms with E-state index in [1.165, 1.54) is 23.0 Å². The summed E-state index contributed by atoms with van der Waals surface area (Å²) in [6.07, 6.45) is 6.35. The summed E-state index contributed by atoms with van der Waals surface area (Å²) in [6, 6.07) is 7.06. The van der Waals surface area contributed by atoms with Gasteiger partial charge in [-0.25, -0.2) is 15.0 Å². The second kappa shape index (κ2) is 13.9. The minimum Gasteiger partial charge on any atom is -0.481 e. The van der Waals surface area contributed by atoms with Crippen LogP contribution in [0.25, 0.3) is 5.69 Å². The van der Waals surface area contributed by atoms with Crippen molar-refractivity contribution in [2.45, 2.75) is 75.8 Å². The fraction of sp³-hybridized carbons (Fsp3) is 0.444. The Bertz CT molecular complexity index is 1340. The van der Waals surface area contributed by atoms with Gasteiger partial charge in [0, 0.05) is 24.3 Å². The number of carboxylic acids is 1. The van der Waals surface area contributed by atoms with Gasteiger partial charge in [-0.05, 0) is 62.3 Å². The number of aryl methyl sites for hydroxylation is 1. The van der Waals surface area contributed by atoms with Gasteiger partial charge in [0.15, 0.2) is 5.75 Å². The van der Waals surface area contributed by atoms with Crippen LogP contribution in [0.15, 0.2) is 53.8 Å². The van der Waals surface area contributed by atoms with Crippen molar-refractivity contribution in [1.29, 1.82) is 0 Å². The van der Waals surface area contributed by atoms with Gasteiger partial charge in [-0.2, -0.15) is 8.78 Å². The summed E-state index contributed by atoms with van der Waals surface area (Å²) in [4.78, 5) is 35.8. The van der Waals surface area contributed by atoms with Crippen LogP contribution in [-0.4, -0.2) is 71.7 Å². The van der Waals surface area contributed by atoms with Gasteiger partial charge >= 0.3 is 12.6 Å². The first-order chi connectivity index (χ1) is 19.6. The Hall–Kier alpha value is -4.17. The molecule has 0 unspecified atom stereocenters. The molecule has 14 heteroatoms. The molecule has 1 aliphatic rings. The van der Waals surface area contributed by atoms with E-state index >= 15 is 0 Å². The molecule has 0 radical (unpaired) electrons. The number of pyridine rings is 2. The summed E-state index contributed by atoms with van der Waals surface area (Å²) in [7, 11) is 0. The SMILES string of the molecule is O=C(O)C[C@H](O)C[C@H](O)CCc1ccn(-c2ccc(N[C@H]3CC[C@H](Nc4ncc(OC(F)F)cn4)C3)nc2)c(=O)c1. The summed E-state index contributed by atoms with van der Waals surface area (Å²) >= 11 is 0. The number of ether oxygens (including phenoxy) is 1. The molecular formula is C27H32F2N6O6. The molecule has 1 aliphatic carbocycles. The molecule has 5 N–H and O–H groups in total. The number of nitrogens with zero attached hydrogens (tertiary/aromatic N) is 4. The van der Waals surface area contributed by atoms with Crippen LogP contribution in [-0.2, 0) is 11.2 Å². The van der Waals surface area contributed by atoms with Gasteiger partial charge in [-0.15, -0.1) is 0 Å². The molecule has 0 bridgehead atoms. The van der Waals surface area contributed by atoms with Crippen LogP contribution < -0.4 is 20.9 Å². The Morgan fingerprint density at radius 1 is 1.05 bits per heavy atom. The van der Waals surface area contributed by atoms with Crippen molar-refractivity contribution >= 4 is 17.7 Å². The lowest BCUT2D eigenvalue weighted by molar-refractivity contribution is -0.139. The van der Waals surface area contributed by atoms with E-state index in [4.69, 9.17) is 5.11 Å². The highest BCUT2D eigenvalue weighted by Crippen LogP contribution is 2.25. The number of aliphatic hydroxyl groups is 2. The fourth-order valence-corrected chi connectivity index (χ4v) is 4.74. The van der Waals surface area contributed by atoms with Gasteiger partial charge in [0.05, 0.1) is 42.9 Å². The number of aliphatic hydroxyl groups excluding tert-OH is 2. The molecule has 0 amide bonds. The summed E-state index contributed by atoms with van der Waals surface area (Å²) in [5.74, 6) is -0.239. The lowest BCUT2D eigenvalue weighted by Gasteiger charge is -2.16. The van der Waals surface area contributed by atoms with E-state index in [1.54, 1.807) is 30.6 Å². The summed E-state index contributed by atoms with van der Waals surface area (Å²) in [6.45, 7) is -2.93. The zero-order chi connectivity index (χ0) is 29.4. The largest absolute Gasteiger partial charge is 0.481 e. The Morgan fingerprint density at radius 3 is 2.41 bits per heavy atom. The normalized spacial score (nSPS) is 18.2. The average molecular weight is 575 g/mol. The topological polar surface area (TPSA) is 172 Å². The minimum atomic E-state index is -2.93. The van der Waals surface area contributed by atoms with Gasteiger partial charge in [-0.3, -0.25) is 14.2 Å². The molecule has 12 nitrogen and oxygen atoms in total. The number of carboxylic acid groups (broad SMARTS) is 1. The zero-order valence-electron chi connectivity index (χ0n) is 22.1. The van der Waals surface area contributed by atoms with Crippen LogP contribution in [0.3, 0.4) is 0 Å². The standard InChI is InChI=1S/C27H32F2N6O6/c28-26(29)41-22-14-31-27(32-15-22)34-18-3-2-17(10-18)33-23-6-4-19(13-30-23)35-8-7-16(9-24(35)38)1-5-20(36)11-21(37)12-25(39)40/h4,6-9,13-15,17-18,20-21,26,36-37H,1-3,5,10-12H2,(H,30,33)(H,39,40)(H,31,32,34)/t17-,18-,20+,21+/m0/s1. The molecule has 0 saturated heterocycles. The number of hydrogen-bond acceptors (Lipinski definition) is 10.